The second-order valence-corrected chi connectivity index (χ2v) is 6.01. The lowest BCUT2D eigenvalue weighted by atomic mass is 10.1. The van der Waals surface area contributed by atoms with Crippen molar-refractivity contribution in [3.05, 3.63) is 64.7 Å². The highest BCUT2D eigenvalue weighted by atomic mass is 35.5. The number of amidine groups is 1. The normalized spacial score (nSPS) is 16.4. The van der Waals surface area contributed by atoms with E-state index in [0.717, 1.165) is 18.5 Å². The van der Waals surface area contributed by atoms with E-state index in [9.17, 15) is 4.79 Å². The third-order valence-corrected chi connectivity index (χ3v) is 4.16. The second-order valence-electron chi connectivity index (χ2n) is 5.60. The number of nitrogens with two attached hydrogens (primary N) is 1. The number of nitrogens with one attached hydrogen (secondary N) is 1. The largest absolute Gasteiger partial charge is 0.463 e. The molecule has 2 aromatic carbocycles. The monoisotopic (exact) mass is 343 g/mol. The molecule has 0 aliphatic carbocycles. The van der Waals surface area contributed by atoms with Crippen LogP contribution in [-0.4, -0.2) is 24.6 Å². The van der Waals surface area contributed by atoms with E-state index >= 15 is 0 Å². The third-order valence-electron chi connectivity index (χ3n) is 3.83. The molecule has 1 heterocycles. The molecule has 0 bridgehead atoms. The molecule has 0 aromatic heterocycles. The van der Waals surface area contributed by atoms with Gasteiger partial charge in [-0.25, -0.2) is 4.99 Å². The van der Waals surface area contributed by atoms with Gasteiger partial charge in [-0.3, -0.25) is 4.79 Å². The Hall–Kier alpha value is -2.53. The quantitative estimate of drug-likeness (QED) is 0.875. The summed E-state index contributed by atoms with van der Waals surface area (Å²) in [5.74, 6) is -0.221. The average molecular weight is 344 g/mol. The molecular weight excluding hydrogens is 326 g/mol. The number of rotatable bonds is 5. The van der Waals surface area contributed by atoms with Crippen molar-refractivity contribution in [2.24, 2.45) is 10.7 Å². The van der Waals surface area contributed by atoms with E-state index in [1.165, 1.54) is 5.56 Å². The van der Waals surface area contributed by atoms with E-state index in [4.69, 9.17) is 22.1 Å². The van der Waals surface area contributed by atoms with E-state index in [2.05, 4.69) is 10.3 Å². The minimum Gasteiger partial charge on any atom is -0.463 e. The van der Waals surface area contributed by atoms with Gasteiger partial charge in [0, 0.05) is 5.69 Å². The maximum absolute atomic E-state index is 12.2. The Morgan fingerprint density at radius 3 is 2.67 bits per heavy atom. The average Bonchev–Trinajstić information content (AvgIpc) is 3.00. The molecule has 1 amide bonds. The lowest BCUT2D eigenvalue weighted by molar-refractivity contribution is 0.102. The van der Waals surface area contributed by atoms with Crippen LogP contribution in [0, 0.1) is 0 Å². The van der Waals surface area contributed by atoms with Crippen molar-refractivity contribution in [3.63, 3.8) is 0 Å². The fourth-order valence-corrected chi connectivity index (χ4v) is 2.74. The number of amides is 1. The zero-order valence-corrected chi connectivity index (χ0v) is 13.8. The van der Waals surface area contributed by atoms with Gasteiger partial charge in [-0.1, -0.05) is 35.9 Å². The van der Waals surface area contributed by atoms with E-state index in [-0.39, 0.29) is 18.0 Å². The Kier molecular flexibility index (Phi) is 5.01. The summed E-state index contributed by atoms with van der Waals surface area (Å²) in [4.78, 5) is 16.4. The first-order valence-corrected chi connectivity index (χ1v) is 8.10. The molecule has 2 aromatic rings. The zero-order chi connectivity index (χ0) is 16.9. The molecule has 0 fully saturated rings. The highest BCUT2D eigenvalue weighted by Gasteiger charge is 2.16. The molecule has 0 radical (unpaired) electrons. The van der Waals surface area contributed by atoms with Gasteiger partial charge in [0.05, 0.1) is 16.6 Å². The van der Waals surface area contributed by atoms with Gasteiger partial charge in [0.1, 0.15) is 6.61 Å². The summed E-state index contributed by atoms with van der Waals surface area (Å²) < 4.78 is 5.14. The fourth-order valence-electron chi connectivity index (χ4n) is 2.52. The molecule has 0 saturated carbocycles. The molecule has 3 rings (SSSR count). The van der Waals surface area contributed by atoms with Crippen LogP contribution in [0.1, 0.15) is 22.3 Å². The summed E-state index contributed by atoms with van der Waals surface area (Å²) in [7, 11) is 0. The van der Waals surface area contributed by atoms with Gasteiger partial charge in [-0.05, 0) is 42.7 Å². The standard InChI is InChI=1S/C18H18ClN3O2/c19-16-4-2-1-3-15(16)17(23)21-13-8-5-12(6-9-13)7-10-14-11-24-18(20)22-14/h1-6,8-9,14H,7,10-11H2,(H2,20,22)(H,21,23)/t14-/m0/s1. The minimum atomic E-state index is -0.221. The van der Waals surface area contributed by atoms with E-state index in [1.54, 1.807) is 24.3 Å². The summed E-state index contributed by atoms with van der Waals surface area (Å²) in [6.45, 7) is 0.553. The molecule has 0 spiro atoms. The zero-order valence-electron chi connectivity index (χ0n) is 13.0. The number of hydrogen-bond acceptors (Lipinski definition) is 4. The number of carbonyl (C=O) groups is 1. The van der Waals surface area contributed by atoms with Crippen molar-refractivity contribution >= 4 is 29.2 Å². The number of nitrogens with zero attached hydrogens (tertiary/aromatic N) is 1. The Morgan fingerprint density at radius 2 is 2.00 bits per heavy atom. The summed E-state index contributed by atoms with van der Waals surface area (Å²) in [6.07, 6.45) is 1.76. The number of aliphatic imine (C=N–C) groups is 1. The maximum atomic E-state index is 12.2. The predicted octanol–water partition coefficient (Wildman–Crippen LogP) is 3.24. The molecular formula is C18H18ClN3O2. The highest BCUT2D eigenvalue weighted by molar-refractivity contribution is 6.34. The van der Waals surface area contributed by atoms with E-state index in [1.807, 2.05) is 24.3 Å². The number of benzene rings is 2. The molecule has 1 atom stereocenters. The number of carbonyl (C=O) groups excluding carboxylic acids is 1. The number of hydrogen-bond donors (Lipinski definition) is 2. The lowest BCUT2D eigenvalue weighted by Gasteiger charge is -2.08. The van der Waals surface area contributed by atoms with Gasteiger partial charge in [0.2, 0.25) is 0 Å². The number of aryl methyl sites for hydroxylation is 1. The van der Waals surface area contributed by atoms with Gasteiger partial charge < -0.3 is 15.8 Å². The second kappa shape index (κ2) is 7.36. The number of anilines is 1. The summed E-state index contributed by atoms with van der Waals surface area (Å²) >= 11 is 6.03. The summed E-state index contributed by atoms with van der Waals surface area (Å²) in [5, 5.41) is 3.28. The van der Waals surface area contributed by atoms with Crippen LogP contribution in [0.25, 0.3) is 0 Å². The van der Waals surface area contributed by atoms with Crippen LogP contribution in [0.15, 0.2) is 53.5 Å². The minimum absolute atomic E-state index is 0.129. The Morgan fingerprint density at radius 1 is 1.25 bits per heavy atom. The van der Waals surface area contributed by atoms with E-state index in [0.29, 0.717) is 17.2 Å². The molecule has 3 N–H and O–H groups in total. The van der Waals surface area contributed by atoms with Crippen molar-refractivity contribution in [3.8, 4) is 0 Å². The van der Waals surface area contributed by atoms with Crippen molar-refractivity contribution in [2.75, 3.05) is 11.9 Å². The smallest absolute Gasteiger partial charge is 0.282 e. The first-order valence-electron chi connectivity index (χ1n) is 7.73. The third kappa shape index (κ3) is 4.06. The lowest BCUT2D eigenvalue weighted by Crippen LogP contribution is -2.12. The van der Waals surface area contributed by atoms with Crippen molar-refractivity contribution in [1.29, 1.82) is 0 Å². The van der Waals surface area contributed by atoms with Crippen LogP contribution in [0.2, 0.25) is 5.02 Å². The van der Waals surface area contributed by atoms with Gasteiger partial charge in [-0.2, -0.15) is 0 Å². The van der Waals surface area contributed by atoms with Crippen LogP contribution >= 0.6 is 11.6 Å². The molecule has 6 heteroatoms. The topological polar surface area (TPSA) is 76.7 Å². The van der Waals surface area contributed by atoms with Crippen LogP contribution in [0.3, 0.4) is 0 Å². The van der Waals surface area contributed by atoms with E-state index < -0.39 is 0 Å². The SMILES string of the molecule is NC1=N[C@@H](CCc2ccc(NC(=O)c3ccccc3Cl)cc2)CO1. The van der Waals surface area contributed by atoms with Crippen LogP contribution in [0.5, 0.6) is 0 Å². The molecule has 1 aliphatic heterocycles. The van der Waals surface area contributed by atoms with Gasteiger partial charge in [0.15, 0.2) is 0 Å². The number of halogens is 1. The Labute approximate surface area is 145 Å². The van der Waals surface area contributed by atoms with Crippen molar-refractivity contribution < 1.29 is 9.53 Å². The molecule has 1 aliphatic rings. The molecule has 24 heavy (non-hydrogen) atoms. The summed E-state index contributed by atoms with van der Waals surface area (Å²) in [5.41, 5.74) is 7.86. The Bertz CT molecular complexity index is 759. The maximum Gasteiger partial charge on any atom is 0.282 e. The molecule has 124 valence electrons. The van der Waals surface area contributed by atoms with Crippen molar-refractivity contribution in [1.82, 2.24) is 0 Å². The van der Waals surface area contributed by atoms with Gasteiger partial charge in [-0.15, -0.1) is 0 Å². The van der Waals surface area contributed by atoms with Crippen molar-refractivity contribution in [2.45, 2.75) is 18.9 Å². The molecule has 0 unspecified atom stereocenters. The van der Waals surface area contributed by atoms with Crippen LogP contribution < -0.4 is 11.1 Å². The van der Waals surface area contributed by atoms with Crippen LogP contribution in [-0.2, 0) is 11.2 Å². The fraction of sp³-hybridized carbons (Fsp3) is 0.222. The molecule has 0 saturated heterocycles. The van der Waals surface area contributed by atoms with Gasteiger partial charge in [0.25, 0.3) is 11.9 Å². The summed E-state index contributed by atoms with van der Waals surface area (Å²) in [6, 6.07) is 15.1. The van der Waals surface area contributed by atoms with Crippen LogP contribution in [0.4, 0.5) is 5.69 Å². The Balaban J connectivity index is 1.56. The number of ether oxygens (including phenoxy) is 1. The highest BCUT2D eigenvalue weighted by Crippen LogP contribution is 2.18. The first-order chi connectivity index (χ1) is 11.6. The first kappa shape index (κ1) is 16.3. The molecule has 5 nitrogen and oxygen atoms in total. The van der Waals surface area contributed by atoms with Gasteiger partial charge >= 0.3 is 0 Å². The predicted molar refractivity (Wildman–Crippen MR) is 95.5 cm³/mol.